The summed E-state index contributed by atoms with van der Waals surface area (Å²) in [5.74, 6) is 0.868. The van der Waals surface area contributed by atoms with E-state index in [0.717, 1.165) is 24.3 Å². The Balaban J connectivity index is 1.87. The third-order valence-corrected chi connectivity index (χ3v) is 3.59. The second-order valence-corrected chi connectivity index (χ2v) is 5.28. The van der Waals surface area contributed by atoms with Crippen molar-refractivity contribution in [3.05, 3.63) is 29.8 Å². The zero-order valence-corrected chi connectivity index (χ0v) is 12.1. The van der Waals surface area contributed by atoms with Crippen LogP contribution in [0.15, 0.2) is 24.3 Å². The summed E-state index contributed by atoms with van der Waals surface area (Å²) in [6, 6.07) is 7.72. The maximum atomic E-state index is 12.1. The molecule has 0 aromatic heterocycles. The topological polar surface area (TPSA) is 53.0 Å². The molecular formula is C15H22N2O3. The molecule has 1 aliphatic heterocycles. The van der Waals surface area contributed by atoms with Crippen molar-refractivity contribution in [1.29, 1.82) is 0 Å². The van der Waals surface area contributed by atoms with Crippen molar-refractivity contribution >= 4 is 5.91 Å². The van der Waals surface area contributed by atoms with Crippen LogP contribution in [0.25, 0.3) is 0 Å². The van der Waals surface area contributed by atoms with Crippen molar-refractivity contribution in [2.24, 2.45) is 0 Å². The van der Waals surface area contributed by atoms with Crippen molar-refractivity contribution in [2.75, 3.05) is 33.8 Å². The number of likely N-dealkylation sites (N-methyl/N-ethyl adjacent to an activating group) is 1. The first-order valence-corrected chi connectivity index (χ1v) is 6.86. The fraction of sp³-hybridized carbons (Fsp3) is 0.533. The highest BCUT2D eigenvalue weighted by molar-refractivity contribution is 5.78. The van der Waals surface area contributed by atoms with Crippen molar-refractivity contribution in [3.8, 4) is 5.75 Å². The van der Waals surface area contributed by atoms with E-state index in [0.29, 0.717) is 19.6 Å². The highest BCUT2D eigenvalue weighted by Crippen LogP contribution is 2.14. The molecule has 1 aliphatic rings. The third-order valence-electron chi connectivity index (χ3n) is 3.59. The molecule has 0 radical (unpaired) electrons. The molecule has 0 bridgehead atoms. The summed E-state index contributed by atoms with van der Waals surface area (Å²) in [6.07, 6.45) is 0.471. The van der Waals surface area contributed by atoms with E-state index in [1.165, 1.54) is 0 Å². The molecule has 5 heteroatoms. The van der Waals surface area contributed by atoms with Gasteiger partial charge in [-0.3, -0.25) is 9.69 Å². The van der Waals surface area contributed by atoms with E-state index in [2.05, 4.69) is 0 Å². The number of ether oxygens (including phenoxy) is 1. The second-order valence-electron chi connectivity index (χ2n) is 5.28. The smallest absolute Gasteiger partial charge is 0.236 e. The Bertz CT molecular complexity index is 464. The van der Waals surface area contributed by atoms with Crippen LogP contribution >= 0.6 is 0 Å². The molecule has 1 aromatic rings. The SMILES string of the molecule is COc1cccc(CN(C)C(=O)CN2CC[C@H](O)C2)c1. The Labute approximate surface area is 119 Å². The maximum absolute atomic E-state index is 12.1. The molecular weight excluding hydrogens is 256 g/mol. The van der Waals surface area contributed by atoms with Gasteiger partial charge in [-0.2, -0.15) is 0 Å². The van der Waals surface area contributed by atoms with Crippen molar-refractivity contribution < 1.29 is 14.6 Å². The Hall–Kier alpha value is -1.59. The molecule has 1 saturated heterocycles. The van der Waals surface area contributed by atoms with Crippen LogP contribution in [0.2, 0.25) is 0 Å². The minimum atomic E-state index is -0.286. The Morgan fingerprint density at radius 1 is 1.55 bits per heavy atom. The van der Waals surface area contributed by atoms with Gasteiger partial charge in [0.05, 0.1) is 19.8 Å². The third kappa shape index (κ3) is 3.95. The van der Waals surface area contributed by atoms with Gasteiger partial charge in [0.1, 0.15) is 5.75 Å². The quantitative estimate of drug-likeness (QED) is 0.862. The zero-order valence-electron chi connectivity index (χ0n) is 12.1. The largest absolute Gasteiger partial charge is 0.497 e. The Morgan fingerprint density at radius 3 is 3.00 bits per heavy atom. The predicted molar refractivity (Wildman–Crippen MR) is 76.5 cm³/mol. The summed E-state index contributed by atoms with van der Waals surface area (Å²) in [4.78, 5) is 15.8. The summed E-state index contributed by atoms with van der Waals surface area (Å²) >= 11 is 0. The fourth-order valence-corrected chi connectivity index (χ4v) is 2.40. The number of nitrogens with zero attached hydrogens (tertiary/aromatic N) is 2. The predicted octanol–water partition coefficient (Wildman–Crippen LogP) is 0.720. The number of β-amino-alcohol motifs (C(OH)–C–C–N with tert-alkyl or cyclic N) is 1. The van der Waals surface area contributed by atoms with E-state index < -0.39 is 0 Å². The number of hydrogen-bond donors (Lipinski definition) is 1. The monoisotopic (exact) mass is 278 g/mol. The minimum Gasteiger partial charge on any atom is -0.497 e. The number of hydrogen-bond acceptors (Lipinski definition) is 4. The van der Waals surface area contributed by atoms with Crippen molar-refractivity contribution in [2.45, 2.75) is 19.1 Å². The second kappa shape index (κ2) is 6.72. The van der Waals surface area contributed by atoms with E-state index in [1.807, 2.05) is 29.2 Å². The van der Waals surface area contributed by atoms with Gasteiger partial charge >= 0.3 is 0 Å². The van der Waals surface area contributed by atoms with Crippen LogP contribution in [0.5, 0.6) is 5.75 Å². The van der Waals surface area contributed by atoms with Crippen LogP contribution in [0.1, 0.15) is 12.0 Å². The lowest BCUT2D eigenvalue weighted by molar-refractivity contribution is -0.131. The lowest BCUT2D eigenvalue weighted by Crippen LogP contribution is -2.37. The lowest BCUT2D eigenvalue weighted by Gasteiger charge is -2.21. The average molecular weight is 278 g/mol. The van der Waals surface area contributed by atoms with Gasteiger partial charge in [-0.25, -0.2) is 0 Å². The van der Waals surface area contributed by atoms with E-state index in [9.17, 15) is 9.90 Å². The zero-order chi connectivity index (χ0) is 14.5. The molecule has 0 aliphatic carbocycles. The molecule has 0 unspecified atom stereocenters. The number of benzene rings is 1. The molecule has 110 valence electrons. The fourth-order valence-electron chi connectivity index (χ4n) is 2.40. The summed E-state index contributed by atoms with van der Waals surface area (Å²) < 4.78 is 5.18. The van der Waals surface area contributed by atoms with Crippen LogP contribution in [-0.2, 0) is 11.3 Å². The van der Waals surface area contributed by atoms with Crippen LogP contribution < -0.4 is 4.74 Å². The maximum Gasteiger partial charge on any atom is 0.236 e. The molecule has 1 fully saturated rings. The van der Waals surface area contributed by atoms with Crippen molar-refractivity contribution in [1.82, 2.24) is 9.80 Å². The first-order chi connectivity index (χ1) is 9.58. The van der Waals surface area contributed by atoms with Gasteiger partial charge in [-0.15, -0.1) is 0 Å². The first kappa shape index (κ1) is 14.8. The number of amides is 1. The summed E-state index contributed by atoms with van der Waals surface area (Å²) in [5.41, 5.74) is 1.04. The van der Waals surface area contributed by atoms with Crippen LogP contribution in [0.3, 0.4) is 0 Å². The van der Waals surface area contributed by atoms with Crippen LogP contribution in [-0.4, -0.2) is 60.7 Å². The summed E-state index contributed by atoms with van der Waals surface area (Å²) in [6.45, 7) is 2.32. The molecule has 1 heterocycles. The van der Waals surface area contributed by atoms with Crippen LogP contribution in [0, 0.1) is 0 Å². The van der Waals surface area contributed by atoms with E-state index in [4.69, 9.17) is 4.74 Å². The number of aliphatic hydroxyl groups is 1. The number of carbonyl (C=O) groups excluding carboxylic acids is 1. The number of rotatable bonds is 5. The summed E-state index contributed by atoms with van der Waals surface area (Å²) in [5, 5.41) is 9.46. The molecule has 1 atom stereocenters. The minimum absolute atomic E-state index is 0.0712. The van der Waals surface area contributed by atoms with Crippen LogP contribution in [0.4, 0.5) is 0 Å². The van der Waals surface area contributed by atoms with Gasteiger partial charge in [0.25, 0.3) is 0 Å². The average Bonchev–Trinajstić information content (AvgIpc) is 2.84. The van der Waals surface area contributed by atoms with E-state index in [-0.39, 0.29) is 12.0 Å². The highest BCUT2D eigenvalue weighted by atomic mass is 16.5. The number of aliphatic hydroxyl groups excluding tert-OH is 1. The molecule has 1 N–H and O–H groups in total. The molecule has 1 amide bonds. The number of methoxy groups -OCH3 is 1. The van der Waals surface area contributed by atoms with E-state index >= 15 is 0 Å². The molecule has 5 nitrogen and oxygen atoms in total. The van der Waals surface area contributed by atoms with Gasteiger partial charge in [0.15, 0.2) is 0 Å². The van der Waals surface area contributed by atoms with Crippen molar-refractivity contribution in [3.63, 3.8) is 0 Å². The van der Waals surface area contributed by atoms with Gasteiger partial charge in [0, 0.05) is 26.7 Å². The van der Waals surface area contributed by atoms with Gasteiger partial charge < -0.3 is 14.7 Å². The number of likely N-dealkylation sites (tertiary alicyclic amines) is 1. The van der Waals surface area contributed by atoms with Gasteiger partial charge in [0.2, 0.25) is 5.91 Å². The highest BCUT2D eigenvalue weighted by Gasteiger charge is 2.23. The van der Waals surface area contributed by atoms with Gasteiger partial charge in [-0.1, -0.05) is 12.1 Å². The van der Waals surface area contributed by atoms with Gasteiger partial charge in [-0.05, 0) is 24.1 Å². The lowest BCUT2D eigenvalue weighted by atomic mass is 10.2. The Morgan fingerprint density at radius 2 is 2.35 bits per heavy atom. The summed E-state index contributed by atoms with van der Waals surface area (Å²) in [7, 11) is 3.43. The molecule has 20 heavy (non-hydrogen) atoms. The molecule has 0 spiro atoms. The normalized spacial score (nSPS) is 19.1. The van der Waals surface area contributed by atoms with E-state index in [1.54, 1.807) is 19.1 Å². The molecule has 0 saturated carbocycles. The Kier molecular flexibility index (Phi) is 4.98. The molecule has 2 rings (SSSR count). The standard InChI is InChI=1S/C15H22N2O3/c1-16(9-12-4-3-5-14(8-12)20-2)15(19)11-17-7-6-13(18)10-17/h3-5,8,13,18H,6-7,9-11H2,1-2H3/t13-/m0/s1. The molecule has 1 aromatic carbocycles. The number of carbonyl (C=O) groups is 1. The first-order valence-electron chi connectivity index (χ1n) is 6.86.